The van der Waals surface area contributed by atoms with Gasteiger partial charge in [0.25, 0.3) is 0 Å². The number of nitrogens with zero attached hydrogens (tertiary/aromatic N) is 2. The summed E-state index contributed by atoms with van der Waals surface area (Å²) in [7, 11) is 2.22. The topological polar surface area (TPSA) is 49.6 Å². The van der Waals surface area contributed by atoms with Gasteiger partial charge in [0, 0.05) is 19.1 Å². The van der Waals surface area contributed by atoms with Gasteiger partial charge in [-0.25, -0.2) is 0 Å². The van der Waals surface area contributed by atoms with Crippen molar-refractivity contribution in [2.75, 3.05) is 26.7 Å². The maximum absolute atomic E-state index is 12.3. The Kier molecular flexibility index (Phi) is 4.28. The minimum absolute atomic E-state index is 0.150. The van der Waals surface area contributed by atoms with E-state index >= 15 is 0 Å². The van der Waals surface area contributed by atoms with Crippen LogP contribution in [-0.2, 0) is 4.79 Å². The lowest BCUT2D eigenvalue weighted by atomic mass is 9.84. The number of hydrogen-bond acceptors (Lipinski definition) is 3. The molecule has 104 valence electrons. The highest BCUT2D eigenvalue weighted by Gasteiger charge is 2.37. The van der Waals surface area contributed by atoms with Crippen LogP contribution in [0.2, 0.25) is 0 Å². The standard InChI is InChI=1S/C14H27N3O/c1-10(2)13(15)14(18)17-8-6-12-11(9-17)5-4-7-16(12)3/h10-13H,4-9,15H2,1-3H3. The monoisotopic (exact) mass is 253 g/mol. The van der Waals surface area contributed by atoms with Gasteiger partial charge in [0.15, 0.2) is 0 Å². The zero-order valence-corrected chi connectivity index (χ0v) is 11.9. The van der Waals surface area contributed by atoms with Crippen LogP contribution >= 0.6 is 0 Å². The molecule has 0 spiro atoms. The summed E-state index contributed by atoms with van der Waals surface area (Å²) in [4.78, 5) is 16.8. The van der Waals surface area contributed by atoms with Gasteiger partial charge >= 0.3 is 0 Å². The van der Waals surface area contributed by atoms with E-state index in [0.29, 0.717) is 12.0 Å². The number of likely N-dealkylation sites (tertiary alicyclic amines) is 2. The average molecular weight is 253 g/mol. The summed E-state index contributed by atoms with van der Waals surface area (Å²) in [6.45, 7) is 7.03. The van der Waals surface area contributed by atoms with Crippen molar-refractivity contribution < 1.29 is 4.79 Å². The summed E-state index contributed by atoms with van der Waals surface area (Å²) >= 11 is 0. The zero-order chi connectivity index (χ0) is 13.3. The Hall–Kier alpha value is -0.610. The van der Waals surface area contributed by atoms with Crippen molar-refractivity contribution in [2.45, 2.75) is 45.2 Å². The smallest absolute Gasteiger partial charge is 0.239 e. The lowest BCUT2D eigenvalue weighted by Gasteiger charge is -2.46. The highest BCUT2D eigenvalue weighted by Crippen LogP contribution is 2.29. The minimum atomic E-state index is -0.331. The van der Waals surface area contributed by atoms with Crippen molar-refractivity contribution in [2.24, 2.45) is 17.6 Å². The zero-order valence-electron chi connectivity index (χ0n) is 11.9. The van der Waals surface area contributed by atoms with Crippen LogP contribution in [-0.4, -0.2) is 54.5 Å². The molecule has 3 atom stereocenters. The van der Waals surface area contributed by atoms with Crippen LogP contribution in [0.4, 0.5) is 0 Å². The van der Waals surface area contributed by atoms with E-state index < -0.39 is 0 Å². The van der Waals surface area contributed by atoms with Gasteiger partial charge in [-0.05, 0) is 44.7 Å². The van der Waals surface area contributed by atoms with Gasteiger partial charge < -0.3 is 15.5 Å². The molecule has 4 heteroatoms. The molecule has 4 nitrogen and oxygen atoms in total. The van der Waals surface area contributed by atoms with E-state index in [9.17, 15) is 4.79 Å². The van der Waals surface area contributed by atoms with E-state index in [0.717, 1.165) is 19.5 Å². The molecule has 1 amide bonds. The molecule has 2 saturated heterocycles. The van der Waals surface area contributed by atoms with Gasteiger partial charge in [-0.1, -0.05) is 13.8 Å². The fraction of sp³-hybridized carbons (Fsp3) is 0.929. The highest BCUT2D eigenvalue weighted by atomic mass is 16.2. The Bertz CT molecular complexity index is 305. The number of hydrogen-bond donors (Lipinski definition) is 1. The van der Waals surface area contributed by atoms with Crippen molar-refractivity contribution in [3.05, 3.63) is 0 Å². The molecular weight excluding hydrogens is 226 g/mol. The summed E-state index contributed by atoms with van der Waals surface area (Å²) in [5.41, 5.74) is 5.98. The Morgan fingerprint density at radius 3 is 2.67 bits per heavy atom. The number of carbonyl (C=O) groups is 1. The largest absolute Gasteiger partial charge is 0.341 e. The molecule has 2 aliphatic rings. The predicted octanol–water partition coefficient (Wildman–Crippen LogP) is 0.912. The lowest BCUT2D eigenvalue weighted by Crippen LogP contribution is -2.57. The second-order valence-corrected chi connectivity index (χ2v) is 6.29. The van der Waals surface area contributed by atoms with Crippen LogP contribution in [0.1, 0.15) is 33.1 Å². The van der Waals surface area contributed by atoms with Crippen molar-refractivity contribution in [1.29, 1.82) is 0 Å². The number of amides is 1. The molecule has 0 aromatic heterocycles. The summed E-state index contributed by atoms with van der Waals surface area (Å²) < 4.78 is 0. The molecule has 0 radical (unpaired) electrons. The second kappa shape index (κ2) is 5.57. The Balaban J connectivity index is 1.96. The van der Waals surface area contributed by atoms with Crippen LogP contribution in [0.5, 0.6) is 0 Å². The van der Waals surface area contributed by atoms with Crippen molar-refractivity contribution in [3.63, 3.8) is 0 Å². The first kappa shape index (κ1) is 13.8. The molecule has 0 aromatic rings. The summed E-state index contributed by atoms with van der Waals surface area (Å²) in [6, 6.07) is 0.348. The first-order chi connectivity index (χ1) is 8.50. The third-order valence-corrected chi connectivity index (χ3v) is 4.66. The normalized spacial score (nSPS) is 31.3. The van der Waals surface area contributed by atoms with Gasteiger partial charge in [-0.2, -0.15) is 0 Å². The van der Waals surface area contributed by atoms with Crippen molar-refractivity contribution >= 4 is 5.91 Å². The van der Waals surface area contributed by atoms with E-state index in [1.807, 2.05) is 18.7 Å². The molecular formula is C14H27N3O. The van der Waals surface area contributed by atoms with Crippen molar-refractivity contribution in [3.8, 4) is 0 Å². The van der Waals surface area contributed by atoms with E-state index in [-0.39, 0.29) is 17.9 Å². The van der Waals surface area contributed by atoms with Crippen LogP contribution in [0.3, 0.4) is 0 Å². The van der Waals surface area contributed by atoms with E-state index in [1.54, 1.807) is 0 Å². The molecule has 18 heavy (non-hydrogen) atoms. The Morgan fingerprint density at radius 1 is 1.28 bits per heavy atom. The van der Waals surface area contributed by atoms with Crippen LogP contribution in [0.25, 0.3) is 0 Å². The van der Waals surface area contributed by atoms with Crippen LogP contribution in [0, 0.1) is 11.8 Å². The Morgan fingerprint density at radius 2 is 2.00 bits per heavy atom. The highest BCUT2D eigenvalue weighted by molar-refractivity contribution is 5.82. The van der Waals surface area contributed by atoms with Crippen LogP contribution < -0.4 is 5.73 Å². The number of carbonyl (C=O) groups excluding carboxylic acids is 1. The molecule has 0 saturated carbocycles. The summed E-state index contributed by atoms with van der Waals surface area (Å²) in [5, 5.41) is 0. The van der Waals surface area contributed by atoms with Gasteiger partial charge in [0.2, 0.25) is 5.91 Å². The number of fused-ring (bicyclic) bond motifs is 1. The van der Waals surface area contributed by atoms with Gasteiger partial charge in [-0.3, -0.25) is 4.79 Å². The second-order valence-electron chi connectivity index (χ2n) is 6.29. The maximum Gasteiger partial charge on any atom is 0.239 e. The first-order valence-electron chi connectivity index (χ1n) is 7.25. The van der Waals surface area contributed by atoms with Crippen LogP contribution in [0.15, 0.2) is 0 Å². The SMILES string of the molecule is CC(C)C(N)C(=O)N1CCC2C(CCCN2C)C1. The molecule has 2 N–H and O–H groups in total. The molecule has 2 aliphatic heterocycles. The molecule has 0 aliphatic carbocycles. The molecule has 0 bridgehead atoms. The maximum atomic E-state index is 12.3. The lowest BCUT2D eigenvalue weighted by molar-refractivity contribution is -0.137. The molecule has 2 rings (SSSR count). The number of piperidine rings is 2. The Labute approximate surface area is 110 Å². The quantitative estimate of drug-likeness (QED) is 0.796. The fourth-order valence-corrected chi connectivity index (χ4v) is 3.35. The predicted molar refractivity (Wildman–Crippen MR) is 73.2 cm³/mol. The number of rotatable bonds is 2. The molecule has 2 heterocycles. The average Bonchev–Trinajstić information content (AvgIpc) is 2.36. The van der Waals surface area contributed by atoms with Crippen molar-refractivity contribution in [1.82, 2.24) is 9.80 Å². The third kappa shape index (κ3) is 2.69. The summed E-state index contributed by atoms with van der Waals surface area (Å²) in [6.07, 6.45) is 3.63. The molecule has 2 fully saturated rings. The minimum Gasteiger partial charge on any atom is -0.341 e. The third-order valence-electron chi connectivity index (χ3n) is 4.66. The molecule has 3 unspecified atom stereocenters. The van der Waals surface area contributed by atoms with E-state index in [2.05, 4.69) is 11.9 Å². The van der Waals surface area contributed by atoms with Gasteiger partial charge in [-0.15, -0.1) is 0 Å². The van der Waals surface area contributed by atoms with Gasteiger partial charge in [0.05, 0.1) is 6.04 Å². The molecule has 0 aromatic carbocycles. The fourth-order valence-electron chi connectivity index (χ4n) is 3.35. The number of nitrogens with two attached hydrogens (primary N) is 1. The first-order valence-corrected chi connectivity index (χ1v) is 7.25. The van der Waals surface area contributed by atoms with E-state index in [1.165, 1.54) is 19.4 Å². The van der Waals surface area contributed by atoms with E-state index in [4.69, 9.17) is 5.73 Å². The van der Waals surface area contributed by atoms with Gasteiger partial charge in [0.1, 0.15) is 0 Å². The summed E-state index contributed by atoms with van der Waals surface area (Å²) in [5.74, 6) is 1.03.